The van der Waals surface area contributed by atoms with E-state index >= 15 is 0 Å². The van der Waals surface area contributed by atoms with Crippen LogP contribution in [0.4, 0.5) is 5.95 Å². The minimum Gasteiger partial charge on any atom is -0.347 e. The SMILES string of the molecule is CN(C)c1ncc2c(n1)C1(CCCN(C(=O)CCN3CCCCC3=O)C1)CC2. The molecule has 3 heterocycles. The lowest BCUT2D eigenvalue weighted by atomic mass is 9.77. The van der Waals surface area contributed by atoms with Gasteiger partial charge in [-0.1, -0.05) is 0 Å². The molecule has 7 heteroatoms. The van der Waals surface area contributed by atoms with Crippen LogP contribution in [-0.4, -0.2) is 71.9 Å². The van der Waals surface area contributed by atoms with Gasteiger partial charge in [-0.2, -0.15) is 0 Å². The third kappa shape index (κ3) is 3.59. The van der Waals surface area contributed by atoms with Crippen LogP contribution in [0, 0.1) is 0 Å². The fourth-order valence-electron chi connectivity index (χ4n) is 4.98. The Bertz CT molecular complexity index is 761. The Morgan fingerprint density at radius 3 is 2.82 bits per heavy atom. The number of likely N-dealkylation sites (tertiary alicyclic amines) is 2. The second kappa shape index (κ2) is 7.68. The quantitative estimate of drug-likeness (QED) is 0.790. The lowest BCUT2D eigenvalue weighted by Gasteiger charge is -2.41. The molecule has 1 aromatic rings. The molecule has 2 aliphatic heterocycles. The Balaban J connectivity index is 1.44. The average molecular weight is 386 g/mol. The monoisotopic (exact) mass is 385 g/mol. The molecule has 0 radical (unpaired) electrons. The predicted molar refractivity (Wildman–Crippen MR) is 107 cm³/mol. The zero-order chi connectivity index (χ0) is 19.7. The van der Waals surface area contributed by atoms with Gasteiger partial charge >= 0.3 is 0 Å². The molecule has 2 amide bonds. The summed E-state index contributed by atoms with van der Waals surface area (Å²) in [5.74, 6) is 1.12. The number of rotatable bonds is 4. The average Bonchev–Trinajstić information content (AvgIpc) is 3.04. The van der Waals surface area contributed by atoms with E-state index in [0.29, 0.717) is 19.4 Å². The molecule has 1 spiro atoms. The van der Waals surface area contributed by atoms with Crippen LogP contribution in [-0.2, 0) is 21.4 Å². The molecule has 0 bridgehead atoms. The van der Waals surface area contributed by atoms with Crippen molar-refractivity contribution >= 4 is 17.8 Å². The summed E-state index contributed by atoms with van der Waals surface area (Å²) in [7, 11) is 3.92. The second-order valence-corrected chi connectivity index (χ2v) is 8.73. The van der Waals surface area contributed by atoms with Crippen LogP contribution in [0.25, 0.3) is 0 Å². The standard InChI is InChI=1S/C21H31N5O2/c1-24(2)20-22-14-16-7-10-21(19(16)23-20)9-5-12-26(15-21)18(28)8-13-25-11-4-3-6-17(25)27/h14H,3-13,15H2,1-2H3. The molecule has 7 nitrogen and oxygen atoms in total. The van der Waals surface area contributed by atoms with Gasteiger partial charge in [-0.05, 0) is 44.1 Å². The zero-order valence-electron chi connectivity index (χ0n) is 17.1. The van der Waals surface area contributed by atoms with Crippen molar-refractivity contribution < 1.29 is 9.59 Å². The Morgan fingerprint density at radius 1 is 1.18 bits per heavy atom. The van der Waals surface area contributed by atoms with Gasteiger partial charge < -0.3 is 14.7 Å². The van der Waals surface area contributed by atoms with Gasteiger partial charge in [-0.25, -0.2) is 9.97 Å². The molecule has 0 N–H and O–H groups in total. The van der Waals surface area contributed by atoms with Crippen LogP contribution in [0.15, 0.2) is 6.20 Å². The van der Waals surface area contributed by atoms with E-state index in [9.17, 15) is 9.59 Å². The molecule has 0 aromatic carbocycles. The molecule has 1 aliphatic carbocycles. The minimum absolute atomic E-state index is 0.0299. The molecule has 2 saturated heterocycles. The fourth-order valence-corrected chi connectivity index (χ4v) is 4.98. The maximum Gasteiger partial charge on any atom is 0.225 e. The molecular formula is C21H31N5O2. The minimum atomic E-state index is -0.0299. The largest absolute Gasteiger partial charge is 0.347 e. The van der Waals surface area contributed by atoms with Crippen molar-refractivity contribution in [2.75, 3.05) is 45.2 Å². The number of carbonyl (C=O) groups is 2. The number of nitrogens with zero attached hydrogens (tertiary/aromatic N) is 5. The maximum atomic E-state index is 12.9. The van der Waals surface area contributed by atoms with Crippen molar-refractivity contribution in [1.29, 1.82) is 0 Å². The van der Waals surface area contributed by atoms with Crippen molar-refractivity contribution in [2.24, 2.45) is 0 Å². The predicted octanol–water partition coefficient (Wildman–Crippen LogP) is 1.75. The molecule has 4 rings (SSSR count). The van der Waals surface area contributed by atoms with Gasteiger partial charge in [-0.3, -0.25) is 9.59 Å². The molecule has 0 saturated carbocycles. The van der Waals surface area contributed by atoms with Crippen molar-refractivity contribution in [1.82, 2.24) is 19.8 Å². The van der Waals surface area contributed by atoms with Gasteiger partial charge in [0.1, 0.15) is 0 Å². The van der Waals surface area contributed by atoms with E-state index in [4.69, 9.17) is 4.98 Å². The van der Waals surface area contributed by atoms with E-state index in [1.807, 2.05) is 35.0 Å². The van der Waals surface area contributed by atoms with E-state index in [2.05, 4.69) is 4.98 Å². The summed E-state index contributed by atoms with van der Waals surface area (Å²) in [6.45, 7) is 2.92. The summed E-state index contributed by atoms with van der Waals surface area (Å²) in [5.41, 5.74) is 2.35. The summed E-state index contributed by atoms with van der Waals surface area (Å²) in [6.07, 6.45) is 9.19. The topological polar surface area (TPSA) is 69.6 Å². The smallest absolute Gasteiger partial charge is 0.225 e. The highest BCUT2D eigenvalue weighted by Gasteiger charge is 2.44. The first kappa shape index (κ1) is 19.2. The summed E-state index contributed by atoms with van der Waals surface area (Å²) in [4.78, 5) is 40.1. The van der Waals surface area contributed by atoms with Crippen LogP contribution >= 0.6 is 0 Å². The highest BCUT2D eigenvalue weighted by atomic mass is 16.2. The third-order valence-electron chi connectivity index (χ3n) is 6.57. The number of hydrogen-bond acceptors (Lipinski definition) is 5. The number of aromatic nitrogens is 2. The van der Waals surface area contributed by atoms with Gasteiger partial charge in [-0.15, -0.1) is 0 Å². The first-order valence-electron chi connectivity index (χ1n) is 10.6. The molecule has 1 unspecified atom stereocenters. The lowest BCUT2D eigenvalue weighted by Crippen LogP contribution is -2.49. The molecule has 3 aliphatic rings. The van der Waals surface area contributed by atoms with Gasteiger partial charge in [0.2, 0.25) is 17.8 Å². The Kier molecular flexibility index (Phi) is 5.25. The van der Waals surface area contributed by atoms with Crippen molar-refractivity contribution in [3.63, 3.8) is 0 Å². The summed E-state index contributed by atoms with van der Waals surface area (Å²) in [6, 6.07) is 0. The number of hydrogen-bond donors (Lipinski definition) is 0. The molecule has 1 aromatic heterocycles. The second-order valence-electron chi connectivity index (χ2n) is 8.73. The van der Waals surface area contributed by atoms with E-state index in [1.165, 1.54) is 5.56 Å². The van der Waals surface area contributed by atoms with Crippen LogP contribution in [0.3, 0.4) is 0 Å². The van der Waals surface area contributed by atoms with Crippen LogP contribution in [0.5, 0.6) is 0 Å². The molecular weight excluding hydrogens is 354 g/mol. The van der Waals surface area contributed by atoms with Crippen molar-refractivity contribution in [2.45, 2.75) is 56.8 Å². The van der Waals surface area contributed by atoms with Gasteiger partial charge in [0.15, 0.2) is 0 Å². The number of piperidine rings is 2. The highest BCUT2D eigenvalue weighted by molar-refractivity contribution is 5.79. The van der Waals surface area contributed by atoms with Crippen LogP contribution < -0.4 is 4.90 Å². The zero-order valence-corrected chi connectivity index (χ0v) is 17.1. The van der Waals surface area contributed by atoms with E-state index in [-0.39, 0.29) is 17.2 Å². The summed E-state index contributed by atoms with van der Waals surface area (Å²) >= 11 is 0. The fraction of sp³-hybridized carbons (Fsp3) is 0.714. The number of anilines is 1. The van der Waals surface area contributed by atoms with E-state index < -0.39 is 0 Å². The molecule has 152 valence electrons. The van der Waals surface area contributed by atoms with Crippen LogP contribution in [0.1, 0.15) is 56.2 Å². The number of fused-ring (bicyclic) bond motifs is 2. The van der Waals surface area contributed by atoms with Gasteiger partial charge in [0.05, 0.1) is 5.69 Å². The maximum absolute atomic E-state index is 12.9. The number of carbonyl (C=O) groups excluding carboxylic acids is 2. The first-order valence-corrected chi connectivity index (χ1v) is 10.6. The third-order valence-corrected chi connectivity index (χ3v) is 6.57. The summed E-state index contributed by atoms with van der Waals surface area (Å²) in [5, 5.41) is 0. The lowest BCUT2D eigenvalue weighted by molar-refractivity contribution is -0.136. The normalized spacial score (nSPS) is 24.6. The van der Waals surface area contributed by atoms with Gasteiger partial charge in [0, 0.05) is 64.7 Å². The van der Waals surface area contributed by atoms with Crippen molar-refractivity contribution in [3.05, 3.63) is 17.5 Å². The van der Waals surface area contributed by atoms with Gasteiger partial charge in [0.25, 0.3) is 0 Å². The van der Waals surface area contributed by atoms with Crippen molar-refractivity contribution in [3.8, 4) is 0 Å². The number of aryl methyl sites for hydroxylation is 1. The van der Waals surface area contributed by atoms with Crippen LogP contribution in [0.2, 0.25) is 0 Å². The first-order chi connectivity index (χ1) is 13.5. The van der Waals surface area contributed by atoms with E-state index in [1.54, 1.807) is 0 Å². The molecule has 2 fully saturated rings. The Hall–Kier alpha value is -2.18. The van der Waals surface area contributed by atoms with E-state index in [0.717, 1.165) is 69.8 Å². The Labute approximate surface area is 167 Å². The summed E-state index contributed by atoms with van der Waals surface area (Å²) < 4.78 is 0. The Morgan fingerprint density at radius 2 is 2.04 bits per heavy atom. The number of amides is 2. The highest BCUT2D eigenvalue weighted by Crippen LogP contribution is 2.44. The molecule has 28 heavy (non-hydrogen) atoms. The molecule has 1 atom stereocenters.